The van der Waals surface area contributed by atoms with Crippen LogP contribution in [0.25, 0.3) is 0 Å². The molecule has 1 aromatic carbocycles. The number of hydrogen-bond acceptors (Lipinski definition) is 4. The molecule has 1 unspecified atom stereocenters. The van der Waals surface area contributed by atoms with Gasteiger partial charge in [0.15, 0.2) is 11.5 Å². The lowest BCUT2D eigenvalue weighted by Crippen LogP contribution is -2.42. The van der Waals surface area contributed by atoms with E-state index >= 15 is 0 Å². The van der Waals surface area contributed by atoms with Gasteiger partial charge in [-0.3, -0.25) is 0 Å². The Morgan fingerprint density at radius 2 is 2.13 bits per heavy atom. The van der Waals surface area contributed by atoms with Crippen molar-refractivity contribution in [2.45, 2.75) is 25.9 Å². The van der Waals surface area contributed by atoms with Gasteiger partial charge in [-0.2, -0.15) is 0 Å². The highest BCUT2D eigenvalue weighted by atomic mass is 16.7. The van der Waals surface area contributed by atoms with Crippen molar-refractivity contribution in [1.82, 2.24) is 10.2 Å². The quantitative estimate of drug-likeness (QED) is 0.921. The van der Waals surface area contributed by atoms with E-state index < -0.39 is 0 Å². The number of benzene rings is 1. The first-order valence-corrected chi connectivity index (χ1v) is 7.54. The van der Waals surface area contributed by atoms with Crippen LogP contribution in [0.3, 0.4) is 0 Å². The average Bonchev–Trinajstić information content (AvgIpc) is 3.17. The molecular formula is C17H20N2O4. The minimum atomic E-state index is -0.123. The number of amides is 2. The van der Waals surface area contributed by atoms with Gasteiger partial charge in [0.25, 0.3) is 0 Å². The topological polar surface area (TPSA) is 63.9 Å². The van der Waals surface area contributed by atoms with Crippen molar-refractivity contribution in [3.05, 3.63) is 47.9 Å². The van der Waals surface area contributed by atoms with E-state index in [2.05, 4.69) is 5.32 Å². The van der Waals surface area contributed by atoms with E-state index in [4.69, 9.17) is 13.9 Å². The molecule has 0 saturated heterocycles. The highest BCUT2D eigenvalue weighted by Gasteiger charge is 2.16. The number of hydrogen-bond donors (Lipinski definition) is 1. The highest BCUT2D eigenvalue weighted by Crippen LogP contribution is 2.32. The van der Waals surface area contributed by atoms with Gasteiger partial charge in [0.2, 0.25) is 6.79 Å². The van der Waals surface area contributed by atoms with Gasteiger partial charge in [-0.15, -0.1) is 0 Å². The van der Waals surface area contributed by atoms with Gasteiger partial charge in [-0.25, -0.2) is 4.79 Å². The summed E-state index contributed by atoms with van der Waals surface area (Å²) >= 11 is 0. The zero-order chi connectivity index (χ0) is 16.2. The van der Waals surface area contributed by atoms with Gasteiger partial charge >= 0.3 is 6.03 Å². The third-order valence-corrected chi connectivity index (χ3v) is 3.66. The maximum absolute atomic E-state index is 12.2. The monoisotopic (exact) mass is 316 g/mol. The molecule has 6 heteroatoms. The molecule has 1 aliphatic rings. The predicted octanol–water partition coefficient (Wildman–Crippen LogP) is 2.78. The first-order valence-electron chi connectivity index (χ1n) is 7.54. The van der Waals surface area contributed by atoms with Crippen molar-refractivity contribution in [3.63, 3.8) is 0 Å². The third-order valence-electron chi connectivity index (χ3n) is 3.66. The summed E-state index contributed by atoms with van der Waals surface area (Å²) in [7, 11) is 1.76. The molecule has 0 saturated carbocycles. The molecule has 1 atom stereocenters. The predicted molar refractivity (Wildman–Crippen MR) is 84.4 cm³/mol. The van der Waals surface area contributed by atoms with E-state index in [1.54, 1.807) is 18.2 Å². The number of fused-ring (bicyclic) bond motifs is 1. The van der Waals surface area contributed by atoms with Crippen molar-refractivity contribution >= 4 is 6.03 Å². The summed E-state index contributed by atoms with van der Waals surface area (Å²) in [5.41, 5.74) is 0.991. The van der Waals surface area contributed by atoms with Crippen LogP contribution in [0.4, 0.5) is 4.79 Å². The molecule has 3 rings (SSSR count). The number of urea groups is 1. The third kappa shape index (κ3) is 3.77. The maximum atomic E-state index is 12.2. The van der Waals surface area contributed by atoms with Crippen LogP contribution in [0.15, 0.2) is 41.0 Å². The smallest absolute Gasteiger partial charge is 0.317 e. The van der Waals surface area contributed by atoms with Gasteiger partial charge < -0.3 is 24.1 Å². The maximum Gasteiger partial charge on any atom is 0.317 e. The number of nitrogens with zero attached hydrogens (tertiary/aromatic N) is 1. The van der Waals surface area contributed by atoms with Crippen molar-refractivity contribution in [3.8, 4) is 11.5 Å². The Morgan fingerprint density at radius 3 is 2.91 bits per heavy atom. The Kier molecular flexibility index (Phi) is 4.41. The van der Waals surface area contributed by atoms with E-state index in [0.29, 0.717) is 13.0 Å². The van der Waals surface area contributed by atoms with Crippen molar-refractivity contribution in [1.29, 1.82) is 0 Å². The summed E-state index contributed by atoms with van der Waals surface area (Å²) in [5, 5.41) is 2.96. The summed E-state index contributed by atoms with van der Waals surface area (Å²) in [6.45, 7) is 2.70. The number of carbonyl (C=O) groups is 1. The lowest BCUT2D eigenvalue weighted by atomic mass is 10.2. The molecule has 2 aromatic rings. The molecule has 0 spiro atoms. The molecule has 122 valence electrons. The Bertz CT molecular complexity index is 669. The Labute approximate surface area is 135 Å². The fourth-order valence-corrected chi connectivity index (χ4v) is 2.49. The zero-order valence-electron chi connectivity index (χ0n) is 13.2. The largest absolute Gasteiger partial charge is 0.469 e. The van der Waals surface area contributed by atoms with Crippen molar-refractivity contribution in [2.75, 3.05) is 13.8 Å². The van der Waals surface area contributed by atoms with Gasteiger partial charge in [-0.05, 0) is 36.8 Å². The lowest BCUT2D eigenvalue weighted by Gasteiger charge is -2.21. The molecule has 2 heterocycles. The normalized spacial score (nSPS) is 13.7. The first kappa shape index (κ1) is 15.3. The standard InChI is InChI=1S/C17H20N2O4/c1-12(8-14-4-3-7-21-14)18-17(20)19(2)10-13-5-6-15-16(9-13)23-11-22-15/h3-7,9,12H,8,10-11H2,1-2H3,(H,18,20). The zero-order valence-corrected chi connectivity index (χ0v) is 13.2. The molecule has 23 heavy (non-hydrogen) atoms. The van der Waals surface area contributed by atoms with Crippen LogP contribution in [0, 0.1) is 0 Å². The van der Waals surface area contributed by atoms with Crippen LogP contribution in [-0.4, -0.2) is 30.8 Å². The summed E-state index contributed by atoms with van der Waals surface area (Å²) in [5.74, 6) is 2.33. The van der Waals surface area contributed by atoms with E-state index in [9.17, 15) is 4.79 Å². The van der Waals surface area contributed by atoms with Crippen LogP contribution in [0.2, 0.25) is 0 Å². The molecule has 0 radical (unpaired) electrons. The van der Waals surface area contributed by atoms with Crippen LogP contribution in [0.5, 0.6) is 11.5 Å². The molecule has 1 aliphatic heterocycles. The van der Waals surface area contributed by atoms with Gasteiger partial charge in [-0.1, -0.05) is 6.07 Å². The second kappa shape index (κ2) is 6.64. The van der Waals surface area contributed by atoms with Gasteiger partial charge in [0.1, 0.15) is 5.76 Å². The second-order valence-corrected chi connectivity index (χ2v) is 5.68. The van der Waals surface area contributed by atoms with Crippen LogP contribution >= 0.6 is 0 Å². The second-order valence-electron chi connectivity index (χ2n) is 5.68. The number of ether oxygens (including phenoxy) is 2. The number of rotatable bonds is 5. The molecule has 2 amide bonds. The molecule has 1 N–H and O–H groups in total. The summed E-state index contributed by atoms with van der Waals surface area (Å²) < 4.78 is 15.9. The Hall–Kier alpha value is -2.63. The minimum absolute atomic E-state index is 0.00662. The van der Waals surface area contributed by atoms with Gasteiger partial charge in [0.05, 0.1) is 6.26 Å². The fourth-order valence-electron chi connectivity index (χ4n) is 2.49. The molecule has 0 bridgehead atoms. The SMILES string of the molecule is CC(Cc1ccco1)NC(=O)N(C)Cc1ccc2c(c1)OCO2. The average molecular weight is 316 g/mol. The van der Waals surface area contributed by atoms with E-state index in [1.165, 1.54) is 0 Å². The molecular weight excluding hydrogens is 296 g/mol. The summed E-state index contributed by atoms with van der Waals surface area (Å²) in [6.07, 6.45) is 2.30. The van der Waals surface area contributed by atoms with Crippen LogP contribution < -0.4 is 14.8 Å². The minimum Gasteiger partial charge on any atom is -0.469 e. The molecule has 0 fully saturated rings. The molecule has 1 aromatic heterocycles. The molecule has 0 aliphatic carbocycles. The number of furan rings is 1. The summed E-state index contributed by atoms with van der Waals surface area (Å²) in [4.78, 5) is 13.9. The van der Waals surface area contributed by atoms with Gasteiger partial charge in [0, 0.05) is 26.1 Å². The first-order chi connectivity index (χ1) is 11.1. The fraction of sp³-hybridized carbons (Fsp3) is 0.353. The highest BCUT2D eigenvalue weighted by molar-refractivity contribution is 5.74. The van der Waals surface area contributed by atoms with Crippen molar-refractivity contribution in [2.24, 2.45) is 0 Å². The van der Waals surface area contributed by atoms with Crippen LogP contribution in [-0.2, 0) is 13.0 Å². The lowest BCUT2D eigenvalue weighted by molar-refractivity contribution is 0.174. The summed E-state index contributed by atoms with van der Waals surface area (Å²) in [6, 6.07) is 9.31. The number of nitrogens with one attached hydrogen (secondary N) is 1. The van der Waals surface area contributed by atoms with Crippen molar-refractivity contribution < 1.29 is 18.7 Å². The number of carbonyl (C=O) groups excluding carboxylic acids is 1. The Balaban J connectivity index is 1.53. The van der Waals surface area contributed by atoms with E-state index in [-0.39, 0.29) is 18.9 Å². The molecule has 6 nitrogen and oxygen atoms in total. The Morgan fingerprint density at radius 1 is 1.30 bits per heavy atom. The van der Waals surface area contributed by atoms with Crippen LogP contribution in [0.1, 0.15) is 18.2 Å². The van der Waals surface area contributed by atoms with E-state index in [0.717, 1.165) is 22.8 Å². The van der Waals surface area contributed by atoms with E-state index in [1.807, 2.05) is 37.3 Å².